The van der Waals surface area contributed by atoms with Crippen LogP contribution in [0.5, 0.6) is 0 Å². The molecule has 5 unspecified atom stereocenters. The fraction of sp³-hybridized carbons (Fsp3) is 1.00. The number of rotatable bonds is 8. The summed E-state index contributed by atoms with van der Waals surface area (Å²) >= 11 is 0. The molecule has 3 aliphatic heterocycles. The molecule has 0 aromatic rings. The second-order valence-electron chi connectivity index (χ2n) is 17.3. The summed E-state index contributed by atoms with van der Waals surface area (Å²) in [5.74, 6) is 5.83. The first-order chi connectivity index (χ1) is 20.1. The first-order valence-corrected chi connectivity index (χ1v) is 18.8. The molecule has 4 heteroatoms. The van der Waals surface area contributed by atoms with Crippen LogP contribution in [0.2, 0.25) is 0 Å². The Balaban J connectivity index is 0. The van der Waals surface area contributed by atoms with Gasteiger partial charge in [0.05, 0.1) is 6.10 Å². The molecule has 4 aliphatic rings. The molecular weight excluding hydrogens is 552 g/mol. The molecule has 0 radical (unpaired) electrons. The molecule has 3 heterocycles. The SMILES string of the molecule is C.C.CC(C)CC1(C)CCN(C)CC1.CC(C)CC1CCC(C)NC1C.CC(C)CC1CCC1O.CC(C)CC1CCOCC1. The van der Waals surface area contributed by atoms with Crippen LogP contribution >= 0.6 is 0 Å². The van der Waals surface area contributed by atoms with E-state index in [-0.39, 0.29) is 21.0 Å². The first kappa shape index (κ1) is 47.0. The van der Waals surface area contributed by atoms with E-state index in [2.05, 4.69) is 93.4 Å². The van der Waals surface area contributed by atoms with Gasteiger partial charge in [0.25, 0.3) is 0 Å². The van der Waals surface area contributed by atoms with Gasteiger partial charge in [0.1, 0.15) is 0 Å². The van der Waals surface area contributed by atoms with Crippen molar-refractivity contribution in [2.75, 3.05) is 33.4 Å². The highest BCUT2D eigenvalue weighted by Gasteiger charge is 2.30. The van der Waals surface area contributed by atoms with Gasteiger partial charge >= 0.3 is 0 Å². The Labute approximate surface area is 286 Å². The zero-order chi connectivity index (χ0) is 32.6. The van der Waals surface area contributed by atoms with E-state index in [0.29, 0.717) is 11.3 Å². The van der Waals surface area contributed by atoms with Gasteiger partial charge in [-0.15, -0.1) is 0 Å². The average Bonchev–Trinajstić information content (AvgIpc) is 2.91. The minimum atomic E-state index is 0. The summed E-state index contributed by atoms with van der Waals surface area (Å²) in [5.41, 5.74) is 0.640. The summed E-state index contributed by atoms with van der Waals surface area (Å²) in [5, 5.41) is 12.8. The van der Waals surface area contributed by atoms with Crippen LogP contribution in [0.25, 0.3) is 0 Å². The number of ether oxygens (including phenoxy) is 1. The van der Waals surface area contributed by atoms with E-state index < -0.39 is 0 Å². The third-order valence-corrected chi connectivity index (χ3v) is 10.4. The highest BCUT2D eigenvalue weighted by atomic mass is 16.5. The highest BCUT2D eigenvalue weighted by molar-refractivity contribution is 4.83. The summed E-state index contributed by atoms with van der Waals surface area (Å²) in [4.78, 5) is 2.45. The topological polar surface area (TPSA) is 44.7 Å². The third kappa shape index (κ3) is 22.2. The van der Waals surface area contributed by atoms with Crippen LogP contribution in [-0.2, 0) is 4.74 Å². The standard InChI is InChI=1S/2C11H23N.C9H18O.C8H16O.2CH4/c1-10(2)9-11(3)5-7-12(4)8-6-11;1-8(2)7-11-6-5-9(3)12-10(11)4;1-8(2)7-9-3-5-10-6-4-9;1-6(2)5-7-3-4-8(7)9;;/h10H,5-9H2,1-4H3;8-12H,5-7H2,1-4H3;8-9H,3-7H2,1-2H3;6-9H,3-5H2,1-2H3;2*1H4. The molecule has 4 rings (SSSR count). The van der Waals surface area contributed by atoms with E-state index in [1.807, 2.05) is 0 Å². The van der Waals surface area contributed by atoms with E-state index >= 15 is 0 Å². The zero-order valence-electron chi connectivity index (χ0n) is 31.4. The van der Waals surface area contributed by atoms with Crippen molar-refractivity contribution in [3.63, 3.8) is 0 Å². The van der Waals surface area contributed by atoms with Crippen LogP contribution in [0.4, 0.5) is 0 Å². The number of nitrogens with zero attached hydrogens (tertiary/aromatic N) is 1. The van der Waals surface area contributed by atoms with Gasteiger partial charge in [0.15, 0.2) is 0 Å². The number of nitrogens with one attached hydrogen (secondary N) is 1. The average molecular weight is 641 g/mol. The predicted octanol–water partition coefficient (Wildman–Crippen LogP) is 11.1. The molecule has 5 atom stereocenters. The molecule has 1 saturated carbocycles. The Kier molecular flexibility index (Phi) is 26.0. The Bertz CT molecular complexity index is 664. The van der Waals surface area contributed by atoms with Crippen LogP contribution in [0.1, 0.15) is 168 Å². The maximum Gasteiger partial charge on any atom is 0.0568 e. The van der Waals surface area contributed by atoms with Crippen molar-refractivity contribution in [3.05, 3.63) is 0 Å². The zero-order valence-corrected chi connectivity index (χ0v) is 31.4. The number of likely N-dealkylation sites (tertiary alicyclic amines) is 1. The van der Waals surface area contributed by atoms with Crippen molar-refractivity contribution in [2.24, 2.45) is 46.8 Å². The number of aliphatic hydroxyl groups is 1. The van der Waals surface area contributed by atoms with Gasteiger partial charge in [-0.3, -0.25) is 0 Å². The van der Waals surface area contributed by atoms with Crippen molar-refractivity contribution >= 4 is 0 Å². The van der Waals surface area contributed by atoms with E-state index in [1.165, 1.54) is 83.7 Å². The minimum absolute atomic E-state index is 0. The minimum Gasteiger partial charge on any atom is -0.393 e. The number of aliphatic hydroxyl groups excluding tert-OH is 1. The van der Waals surface area contributed by atoms with Crippen LogP contribution in [0.15, 0.2) is 0 Å². The second-order valence-corrected chi connectivity index (χ2v) is 17.3. The van der Waals surface area contributed by atoms with Crippen LogP contribution < -0.4 is 5.32 Å². The van der Waals surface area contributed by atoms with Gasteiger partial charge in [-0.2, -0.15) is 0 Å². The van der Waals surface area contributed by atoms with Gasteiger partial charge in [-0.05, 0) is 158 Å². The van der Waals surface area contributed by atoms with Crippen LogP contribution in [0.3, 0.4) is 0 Å². The molecule has 4 fully saturated rings. The molecule has 45 heavy (non-hydrogen) atoms. The molecule has 0 amide bonds. The normalized spacial score (nSPS) is 28.3. The van der Waals surface area contributed by atoms with Crippen molar-refractivity contribution in [2.45, 2.75) is 186 Å². The second kappa shape index (κ2) is 24.9. The summed E-state index contributed by atoms with van der Waals surface area (Å²) in [6.07, 6.45) is 15.9. The lowest BCUT2D eigenvalue weighted by atomic mass is 9.74. The fourth-order valence-electron chi connectivity index (χ4n) is 7.74. The lowest BCUT2D eigenvalue weighted by Gasteiger charge is -2.39. The van der Waals surface area contributed by atoms with Gasteiger partial charge in [0, 0.05) is 25.3 Å². The fourth-order valence-corrected chi connectivity index (χ4v) is 7.74. The first-order valence-electron chi connectivity index (χ1n) is 18.8. The van der Waals surface area contributed by atoms with Gasteiger partial charge in [0.2, 0.25) is 0 Å². The largest absolute Gasteiger partial charge is 0.393 e. The van der Waals surface area contributed by atoms with Gasteiger partial charge in [-0.1, -0.05) is 77.2 Å². The van der Waals surface area contributed by atoms with Crippen molar-refractivity contribution in [3.8, 4) is 0 Å². The maximum absolute atomic E-state index is 9.16. The highest BCUT2D eigenvalue weighted by Crippen LogP contribution is 2.36. The molecule has 274 valence electrons. The van der Waals surface area contributed by atoms with Crippen molar-refractivity contribution in [1.29, 1.82) is 0 Å². The van der Waals surface area contributed by atoms with Gasteiger partial charge < -0.3 is 20.1 Å². The lowest BCUT2D eigenvalue weighted by molar-refractivity contribution is 0.0130. The number of piperidine rings is 2. The monoisotopic (exact) mass is 641 g/mol. The molecule has 0 aromatic carbocycles. The Hall–Kier alpha value is -0.160. The molecule has 0 aromatic heterocycles. The van der Waals surface area contributed by atoms with Crippen LogP contribution in [0, 0.1) is 46.8 Å². The number of hydrogen-bond donors (Lipinski definition) is 2. The summed E-state index contributed by atoms with van der Waals surface area (Å²) in [6, 6.07) is 1.47. The summed E-state index contributed by atoms with van der Waals surface area (Å²) in [7, 11) is 2.23. The lowest BCUT2D eigenvalue weighted by Crippen LogP contribution is -2.44. The van der Waals surface area contributed by atoms with Crippen LogP contribution in [-0.4, -0.2) is 61.5 Å². The van der Waals surface area contributed by atoms with E-state index in [1.54, 1.807) is 0 Å². The molecule has 0 bridgehead atoms. The van der Waals surface area contributed by atoms with Crippen molar-refractivity contribution in [1.82, 2.24) is 10.2 Å². The Morgan fingerprint density at radius 3 is 1.58 bits per heavy atom. The Morgan fingerprint density at radius 1 is 0.711 bits per heavy atom. The smallest absolute Gasteiger partial charge is 0.0568 e. The van der Waals surface area contributed by atoms with E-state index in [9.17, 15) is 0 Å². The quantitative estimate of drug-likeness (QED) is 0.277. The molecular formula is C41H88N2O2. The number of hydrogen-bond acceptors (Lipinski definition) is 4. The molecule has 3 saturated heterocycles. The summed E-state index contributed by atoms with van der Waals surface area (Å²) < 4.78 is 5.28. The molecule has 2 N–H and O–H groups in total. The maximum atomic E-state index is 9.16. The third-order valence-electron chi connectivity index (χ3n) is 10.4. The molecule has 0 spiro atoms. The molecule has 4 nitrogen and oxygen atoms in total. The predicted molar refractivity (Wildman–Crippen MR) is 203 cm³/mol. The van der Waals surface area contributed by atoms with Gasteiger partial charge in [-0.25, -0.2) is 0 Å². The Morgan fingerprint density at radius 2 is 1.20 bits per heavy atom. The summed E-state index contributed by atoms with van der Waals surface area (Å²) in [6.45, 7) is 30.0. The van der Waals surface area contributed by atoms with Crippen molar-refractivity contribution < 1.29 is 9.84 Å². The molecule has 1 aliphatic carbocycles. The van der Waals surface area contributed by atoms with E-state index in [0.717, 1.165) is 67.2 Å². The van der Waals surface area contributed by atoms with E-state index in [4.69, 9.17) is 9.84 Å².